The molecule has 1 amide bonds. The summed E-state index contributed by atoms with van der Waals surface area (Å²) in [6.07, 6.45) is 0. The molecule has 26 heavy (non-hydrogen) atoms. The number of halogens is 2. The van der Waals surface area contributed by atoms with Crippen LogP contribution in [0.5, 0.6) is 0 Å². The van der Waals surface area contributed by atoms with Crippen LogP contribution in [0.4, 0.5) is 17.1 Å². The summed E-state index contributed by atoms with van der Waals surface area (Å²) < 4.78 is 5.37. The third-order valence-electron chi connectivity index (χ3n) is 4.15. The third kappa shape index (κ3) is 5.04. The third-order valence-corrected chi connectivity index (χ3v) is 4.59. The Kier molecular flexibility index (Phi) is 6.25. The normalized spacial score (nSPS) is 15.4. The van der Waals surface area contributed by atoms with E-state index >= 15 is 0 Å². The summed E-state index contributed by atoms with van der Waals surface area (Å²) in [5, 5.41) is 6.97. The first-order chi connectivity index (χ1) is 12.5. The van der Waals surface area contributed by atoms with Gasteiger partial charge in [-0.1, -0.05) is 23.2 Å². The predicted molar refractivity (Wildman–Crippen MR) is 108 cm³/mol. The minimum absolute atomic E-state index is 0.166. The monoisotopic (exact) mass is 393 g/mol. The van der Waals surface area contributed by atoms with Gasteiger partial charge in [0.15, 0.2) is 0 Å². The molecule has 0 bridgehead atoms. The van der Waals surface area contributed by atoms with Gasteiger partial charge in [-0.25, -0.2) is 0 Å². The molecule has 2 aromatic carbocycles. The summed E-state index contributed by atoms with van der Waals surface area (Å²) in [5.74, 6) is -0.166. The number of carbonyl (C=O) groups is 1. The van der Waals surface area contributed by atoms with Crippen molar-refractivity contribution < 1.29 is 9.53 Å². The van der Waals surface area contributed by atoms with Crippen molar-refractivity contribution in [3.8, 4) is 0 Å². The van der Waals surface area contributed by atoms with Crippen molar-refractivity contribution in [1.82, 2.24) is 0 Å². The lowest BCUT2D eigenvalue weighted by Crippen LogP contribution is -2.36. The fourth-order valence-corrected chi connectivity index (χ4v) is 3.31. The first kappa shape index (κ1) is 18.8. The molecule has 1 unspecified atom stereocenters. The van der Waals surface area contributed by atoms with Gasteiger partial charge in [0.25, 0.3) is 0 Å². The molecule has 1 aliphatic heterocycles. The van der Waals surface area contributed by atoms with Crippen LogP contribution in [-0.4, -0.2) is 38.3 Å². The zero-order chi connectivity index (χ0) is 18.5. The van der Waals surface area contributed by atoms with Gasteiger partial charge in [0.2, 0.25) is 5.91 Å². The summed E-state index contributed by atoms with van der Waals surface area (Å²) in [4.78, 5) is 14.7. The van der Waals surface area contributed by atoms with Crippen LogP contribution >= 0.6 is 23.2 Å². The number of rotatable bonds is 5. The van der Waals surface area contributed by atoms with E-state index in [1.54, 1.807) is 25.1 Å². The number of carbonyl (C=O) groups excluding carboxylic acids is 1. The Hall–Kier alpha value is -1.95. The van der Waals surface area contributed by atoms with Crippen molar-refractivity contribution in [3.63, 3.8) is 0 Å². The van der Waals surface area contributed by atoms with Crippen molar-refractivity contribution in [2.45, 2.75) is 13.0 Å². The fraction of sp³-hybridized carbons (Fsp3) is 0.316. The number of hydrogen-bond donors (Lipinski definition) is 2. The van der Waals surface area contributed by atoms with Gasteiger partial charge >= 0.3 is 0 Å². The van der Waals surface area contributed by atoms with Gasteiger partial charge in [0.1, 0.15) is 6.04 Å². The minimum Gasteiger partial charge on any atom is -0.378 e. The molecule has 3 rings (SSSR count). The maximum atomic E-state index is 12.4. The first-order valence-corrected chi connectivity index (χ1v) is 9.23. The second-order valence-corrected chi connectivity index (χ2v) is 7.03. The Morgan fingerprint density at radius 2 is 1.65 bits per heavy atom. The van der Waals surface area contributed by atoms with Crippen LogP contribution < -0.4 is 15.5 Å². The molecule has 0 radical (unpaired) electrons. The van der Waals surface area contributed by atoms with Crippen molar-refractivity contribution in [3.05, 3.63) is 52.5 Å². The number of nitrogens with one attached hydrogen (secondary N) is 2. The average molecular weight is 394 g/mol. The quantitative estimate of drug-likeness (QED) is 0.796. The second kappa shape index (κ2) is 8.62. The van der Waals surface area contributed by atoms with Crippen molar-refractivity contribution in [2.24, 2.45) is 0 Å². The molecule has 2 aromatic rings. The van der Waals surface area contributed by atoms with Crippen LogP contribution in [0.1, 0.15) is 6.92 Å². The van der Waals surface area contributed by atoms with Gasteiger partial charge in [0.05, 0.1) is 13.2 Å². The van der Waals surface area contributed by atoms with Crippen LogP contribution in [0.25, 0.3) is 0 Å². The molecule has 1 saturated heterocycles. The van der Waals surface area contributed by atoms with E-state index in [0.29, 0.717) is 15.7 Å². The number of ether oxygens (including phenoxy) is 1. The molecular weight excluding hydrogens is 373 g/mol. The van der Waals surface area contributed by atoms with Crippen LogP contribution in [0.3, 0.4) is 0 Å². The largest absolute Gasteiger partial charge is 0.378 e. The maximum Gasteiger partial charge on any atom is 0.246 e. The lowest BCUT2D eigenvalue weighted by molar-refractivity contribution is -0.116. The molecule has 2 N–H and O–H groups in total. The van der Waals surface area contributed by atoms with Gasteiger partial charge < -0.3 is 20.3 Å². The highest BCUT2D eigenvalue weighted by atomic mass is 35.5. The number of anilines is 3. The Labute approximate surface area is 163 Å². The summed E-state index contributed by atoms with van der Waals surface area (Å²) in [7, 11) is 0. The molecule has 5 nitrogen and oxygen atoms in total. The van der Waals surface area contributed by atoms with Crippen molar-refractivity contribution >= 4 is 46.2 Å². The molecule has 138 valence electrons. The SMILES string of the molecule is CC(Nc1ccc(N2CCOCC2)cc1)C(=O)Nc1cc(Cl)cc(Cl)c1. The van der Waals surface area contributed by atoms with Gasteiger partial charge in [0, 0.05) is 40.2 Å². The van der Waals surface area contributed by atoms with Gasteiger partial charge in [-0.15, -0.1) is 0 Å². The van der Waals surface area contributed by atoms with Gasteiger partial charge in [-0.05, 0) is 49.4 Å². The summed E-state index contributed by atoms with van der Waals surface area (Å²) in [6, 6.07) is 12.6. The van der Waals surface area contributed by atoms with E-state index in [1.807, 2.05) is 12.1 Å². The minimum atomic E-state index is -0.415. The van der Waals surface area contributed by atoms with E-state index in [9.17, 15) is 4.79 Å². The highest BCUT2D eigenvalue weighted by molar-refractivity contribution is 6.35. The molecule has 1 aliphatic rings. The van der Waals surface area contributed by atoms with E-state index in [1.165, 1.54) is 0 Å². The number of morpholine rings is 1. The zero-order valence-corrected chi connectivity index (χ0v) is 16.0. The molecule has 7 heteroatoms. The Balaban J connectivity index is 1.58. The predicted octanol–water partition coefficient (Wildman–Crippen LogP) is 4.27. The van der Waals surface area contributed by atoms with E-state index in [4.69, 9.17) is 27.9 Å². The lowest BCUT2D eigenvalue weighted by atomic mass is 10.2. The number of hydrogen-bond acceptors (Lipinski definition) is 4. The smallest absolute Gasteiger partial charge is 0.246 e. The van der Waals surface area contributed by atoms with E-state index in [2.05, 4.69) is 27.7 Å². The first-order valence-electron chi connectivity index (χ1n) is 8.47. The molecule has 1 fully saturated rings. The lowest BCUT2D eigenvalue weighted by Gasteiger charge is -2.29. The second-order valence-electron chi connectivity index (χ2n) is 6.16. The van der Waals surface area contributed by atoms with Crippen LogP contribution in [0.15, 0.2) is 42.5 Å². The van der Waals surface area contributed by atoms with Crippen LogP contribution in [-0.2, 0) is 9.53 Å². The summed E-state index contributed by atoms with van der Waals surface area (Å²) in [6.45, 7) is 5.11. The molecule has 0 aliphatic carbocycles. The number of benzene rings is 2. The highest BCUT2D eigenvalue weighted by Gasteiger charge is 2.14. The molecule has 0 spiro atoms. The van der Waals surface area contributed by atoms with Gasteiger partial charge in [-0.3, -0.25) is 4.79 Å². The van der Waals surface area contributed by atoms with E-state index in [0.717, 1.165) is 37.7 Å². The fourth-order valence-electron chi connectivity index (χ4n) is 2.78. The van der Waals surface area contributed by atoms with Crippen LogP contribution in [0.2, 0.25) is 10.0 Å². The van der Waals surface area contributed by atoms with Gasteiger partial charge in [-0.2, -0.15) is 0 Å². The highest BCUT2D eigenvalue weighted by Crippen LogP contribution is 2.23. The summed E-state index contributed by atoms with van der Waals surface area (Å²) >= 11 is 11.9. The maximum absolute atomic E-state index is 12.4. The summed E-state index contributed by atoms with van der Waals surface area (Å²) in [5.41, 5.74) is 2.61. The molecule has 0 aromatic heterocycles. The number of amides is 1. The standard InChI is InChI=1S/C19H21Cl2N3O2/c1-13(19(25)23-17-11-14(20)10-15(21)12-17)22-16-2-4-18(5-3-16)24-6-8-26-9-7-24/h2-5,10-13,22H,6-9H2,1H3,(H,23,25). The molecule has 1 heterocycles. The molecule has 0 saturated carbocycles. The Bertz CT molecular complexity index is 742. The molecule has 1 atom stereocenters. The zero-order valence-electron chi connectivity index (χ0n) is 14.5. The number of nitrogens with zero attached hydrogens (tertiary/aromatic N) is 1. The molecular formula is C19H21Cl2N3O2. The Morgan fingerprint density at radius 3 is 2.27 bits per heavy atom. The van der Waals surface area contributed by atoms with Crippen molar-refractivity contribution in [2.75, 3.05) is 41.8 Å². The van der Waals surface area contributed by atoms with Crippen LogP contribution in [0, 0.1) is 0 Å². The topological polar surface area (TPSA) is 53.6 Å². The van der Waals surface area contributed by atoms with Crippen molar-refractivity contribution in [1.29, 1.82) is 0 Å². The van der Waals surface area contributed by atoms with E-state index < -0.39 is 6.04 Å². The van der Waals surface area contributed by atoms with E-state index in [-0.39, 0.29) is 5.91 Å². The Morgan fingerprint density at radius 1 is 1.04 bits per heavy atom. The average Bonchev–Trinajstić information content (AvgIpc) is 2.62.